The van der Waals surface area contributed by atoms with Crippen LogP contribution in [0, 0.1) is 0 Å². The van der Waals surface area contributed by atoms with Crippen LogP contribution in [0.15, 0.2) is 10.7 Å². The lowest BCUT2D eigenvalue weighted by Crippen LogP contribution is -2.49. The second-order valence-corrected chi connectivity index (χ2v) is 6.09. The molecule has 0 spiro atoms. The first-order valence-corrected chi connectivity index (χ1v) is 7.33. The van der Waals surface area contributed by atoms with E-state index in [4.69, 9.17) is 10.6 Å². The SMILES string of the molecule is CC(C)n1ncc(Br)c1C(NN)C1CN(C)CCO1. The lowest BCUT2D eigenvalue weighted by Gasteiger charge is -2.35. The van der Waals surface area contributed by atoms with Crippen LogP contribution in [0.25, 0.3) is 0 Å². The number of hydrazine groups is 1. The molecular weight excluding hydrogens is 310 g/mol. The fraction of sp³-hybridized carbons (Fsp3) is 0.750. The Morgan fingerprint density at radius 1 is 1.58 bits per heavy atom. The van der Waals surface area contributed by atoms with Crippen LogP contribution in [0.4, 0.5) is 0 Å². The van der Waals surface area contributed by atoms with E-state index in [0.29, 0.717) is 0 Å². The molecule has 0 aliphatic carbocycles. The summed E-state index contributed by atoms with van der Waals surface area (Å²) in [5.41, 5.74) is 3.93. The van der Waals surface area contributed by atoms with Crippen molar-refractivity contribution in [2.45, 2.75) is 32.0 Å². The molecule has 1 aliphatic heterocycles. The van der Waals surface area contributed by atoms with Gasteiger partial charge in [-0.2, -0.15) is 5.10 Å². The van der Waals surface area contributed by atoms with Crippen molar-refractivity contribution >= 4 is 15.9 Å². The summed E-state index contributed by atoms with van der Waals surface area (Å²) in [5.74, 6) is 5.77. The lowest BCUT2D eigenvalue weighted by molar-refractivity contribution is -0.0410. The van der Waals surface area contributed by atoms with Crippen LogP contribution >= 0.6 is 15.9 Å². The van der Waals surface area contributed by atoms with Crippen LogP contribution in [-0.2, 0) is 4.74 Å². The van der Waals surface area contributed by atoms with Gasteiger partial charge in [-0.1, -0.05) is 0 Å². The number of morpholine rings is 1. The molecule has 7 heteroatoms. The molecule has 0 radical (unpaired) electrons. The van der Waals surface area contributed by atoms with Gasteiger partial charge in [-0.3, -0.25) is 10.5 Å². The zero-order valence-electron chi connectivity index (χ0n) is 11.6. The van der Waals surface area contributed by atoms with Crippen LogP contribution in [0.5, 0.6) is 0 Å². The first-order valence-electron chi connectivity index (χ1n) is 6.53. The lowest BCUT2D eigenvalue weighted by atomic mass is 10.1. The Hall–Kier alpha value is -0.470. The van der Waals surface area contributed by atoms with Gasteiger partial charge in [-0.25, -0.2) is 5.43 Å². The van der Waals surface area contributed by atoms with Gasteiger partial charge in [0.25, 0.3) is 0 Å². The van der Waals surface area contributed by atoms with E-state index in [9.17, 15) is 0 Å². The van der Waals surface area contributed by atoms with Gasteiger partial charge in [0.15, 0.2) is 0 Å². The Balaban J connectivity index is 2.28. The number of rotatable bonds is 4. The predicted molar refractivity (Wildman–Crippen MR) is 77.6 cm³/mol. The van der Waals surface area contributed by atoms with Crippen molar-refractivity contribution in [1.29, 1.82) is 0 Å². The highest BCUT2D eigenvalue weighted by atomic mass is 79.9. The smallest absolute Gasteiger partial charge is 0.0925 e. The molecule has 0 bridgehead atoms. The minimum absolute atomic E-state index is 0.0225. The molecule has 1 aliphatic rings. The monoisotopic (exact) mass is 331 g/mol. The van der Waals surface area contributed by atoms with Gasteiger partial charge in [0.2, 0.25) is 0 Å². The number of nitrogens with two attached hydrogens (primary N) is 1. The molecule has 1 aromatic rings. The zero-order chi connectivity index (χ0) is 14.0. The second kappa shape index (κ2) is 6.32. The third kappa shape index (κ3) is 3.17. The summed E-state index contributed by atoms with van der Waals surface area (Å²) in [5, 5.41) is 4.40. The molecule has 1 fully saturated rings. The van der Waals surface area contributed by atoms with Crippen LogP contribution in [-0.4, -0.2) is 47.5 Å². The van der Waals surface area contributed by atoms with Crippen molar-refractivity contribution in [2.24, 2.45) is 5.84 Å². The molecule has 2 rings (SSSR count). The Kier molecular flexibility index (Phi) is 4.97. The van der Waals surface area contributed by atoms with E-state index in [1.54, 1.807) is 0 Å². The number of hydrogen-bond donors (Lipinski definition) is 2. The van der Waals surface area contributed by atoms with E-state index >= 15 is 0 Å². The molecule has 0 amide bonds. The fourth-order valence-corrected chi connectivity index (χ4v) is 2.95. The quantitative estimate of drug-likeness (QED) is 0.637. The highest BCUT2D eigenvalue weighted by Gasteiger charge is 2.31. The summed E-state index contributed by atoms with van der Waals surface area (Å²) in [7, 11) is 2.10. The van der Waals surface area contributed by atoms with Crippen LogP contribution in [0.2, 0.25) is 0 Å². The van der Waals surface area contributed by atoms with Gasteiger partial charge >= 0.3 is 0 Å². The molecule has 2 heterocycles. The Bertz CT molecular complexity index is 422. The molecule has 0 saturated carbocycles. The number of ether oxygens (including phenoxy) is 1. The Labute approximate surface area is 122 Å². The molecule has 3 N–H and O–H groups in total. The van der Waals surface area contributed by atoms with E-state index in [2.05, 4.69) is 52.2 Å². The fourth-order valence-electron chi connectivity index (χ4n) is 2.43. The van der Waals surface area contributed by atoms with E-state index < -0.39 is 0 Å². The Morgan fingerprint density at radius 3 is 2.89 bits per heavy atom. The van der Waals surface area contributed by atoms with Gasteiger partial charge in [-0.05, 0) is 36.8 Å². The maximum absolute atomic E-state index is 5.87. The second-order valence-electron chi connectivity index (χ2n) is 5.23. The number of hydrogen-bond acceptors (Lipinski definition) is 5. The summed E-state index contributed by atoms with van der Waals surface area (Å²) in [6, 6.07) is 0.195. The van der Waals surface area contributed by atoms with Gasteiger partial charge in [0.05, 0.1) is 35.1 Å². The summed E-state index contributed by atoms with van der Waals surface area (Å²) in [6.07, 6.45) is 1.83. The minimum Gasteiger partial charge on any atom is -0.373 e. The molecule has 19 heavy (non-hydrogen) atoms. The predicted octanol–water partition coefficient (Wildman–Crippen LogP) is 1.06. The van der Waals surface area contributed by atoms with E-state index in [1.807, 2.05) is 10.9 Å². The molecule has 108 valence electrons. The maximum atomic E-state index is 5.87. The maximum Gasteiger partial charge on any atom is 0.0925 e. The summed E-state index contributed by atoms with van der Waals surface area (Å²) in [4.78, 5) is 2.25. The zero-order valence-corrected chi connectivity index (χ0v) is 13.2. The van der Waals surface area contributed by atoms with E-state index in [1.165, 1.54) is 0 Å². The number of nitrogens with zero attached hydrogens (tertiary/aromatic N) is 3. The minimum atomic E-state index is -0.0815. The van der Waals surface area contributed by atoms with Gasteiger partial charge in [0.1, 0.15) is 0 Å². The number of likely N-dealkylation sites (N-methyl/N-ethyl adjacent to an activating group) is 1. The highest BCUT2D eigenvalue weighted by Crippen LogP contribution is 2.29. The molecule has 1 saturated heterocycles. The third-order valence-corrected chi connectivity index (χ3v) is 4.03. The first kappa shape index (κ1) is 14.9. The third-order valence-electron chi connectivity index (χ3n) is 3.42. The van der Waals surface area contributed by atoms with Crippen molar-refractivity contribution in [2.75, 3.05) is 26.7 Å². The highest BCUT2D eigenvalue weighted by molar-refractivity contribution is 9.10. The average Bonchev–Trinajstić information content (AvgIpc) is 2.73. The standard InChI is InChI=1S/C12H22BrN5O/c1-8(2)18-12(9(13)6-15-18)11(16-14)10-7-17(3)4-5-19-10/h6,8,10-11,16H,4-5,7,14H2,1-3H3. The van der Waals surface area contributed by atoms with Crippen LogP contribution in [0.3, 0.4) is 0 Å². The first-order chi connectivity index (χ1) is 9.04. The summed E-state index contributed by atoms with van der Waals surface area (Å²) in [6.45, 7) is 6.74. The van der Waals surface area contributed by atoms with Crippen molar-refractivity contribution < 1.29 is 4.74 Å². The van der Waals surface area contributed by atoms with Gasteiger partial charge in [0, 0.05) is 19.1 Å². The van der Waals surface area contributed by atoms with Crippen molar-refractivity contribution in [3.05, 3.63) is 16.4 Å². The van der Waals surface area contributed by atoms with Gasteiger partial charge < -0.3 is 9.64 Å². The molecule has 2 atom stereocenters. The Morgan fingerprint density at radius 2 is 2.32 bits per heavy atom. The average molecular weight is 332 g/mol. The van der Waals surface area contributed by atoms with Crippen molar-refractivity contribution in [1.82, 2.24) is 20.1 Å². The topological polar surface area (TPSA) is 68.3 Å². The molecule has 0 aromatic carbocycles. The number of halogens is 1. The van der Waals surface area contributed by atoms with Crippen molar-refractivity contribution in [3.63, 3.8) is 0 Å². The largest absolute Gasteiger partial charge is 0.373 e. The number of nitrogens with one attached hydrogen (secondary N) is 1. The van der Waals surface area contributed by atoms with E-state index in [-0.39, 0.29) is 18.2 Å². The molecule has 6 nitrogen and oxygen atoms in total. The summed E-state index contributed by atoms with van der Waals surface area (Å²) >= 11 is 3.56. The molecule has 2 unspecified atom stereocenters. The summed E-state index contributed by atoms with van der Waals surface area (Å²) < 4.78 is 8.81. The molecular formula is C12H22BrN5O. The van der Waals surface area contributed by atoms with Crippen LogP contribution < -0.4 is 11.3 Å². The normalized spacial score (nSPS) is 22.9. The van der Waals surface area contributed by atoms with Crippen molar-refractivity contribution in [3.8, 4) is 0 Å². The number of aromatic nitrogens is 2. The van der Waals surface area contributed by atoms with Gasteiger partial charge in [-0.15, -0.1) is 0 Å². The van der Waals surface area contributed by atoms with Crippen LogP contribution in [0.1, 0.15) is 31.6 Å². The molecule has 1 aromatic heterocycles. The van der Waals surface area contributed by atoms with E-state index in [0.717, 1.165) is 29.9 Å².